The molecule has 86 valence electrons. The Bertz CT molecular complexity index is 479. The third kappa shape index (κ3) is 2.11. The number of hydrogen-bond acceptors (Lipinski definition) is 5. The molecule has 0 fully saturated rings. The first-order valence-electron chi connectivity index (χ1n) is 5.04. The van der Waals surface area contributed by atoms with E-state index in [-0.39, 0.29) is 5.54 Å². The standard InChI is InChI=1S/C10H15N5O/c1-10(2,6-16-3)13-8-9-14-12-7-15(9)5-4-11-8/h4-5,7H,6H2,1-3H3,(H,11,13). The van der Waals surface area contributed by atoms with Gasteiger partial charge in [0.05, 0.1) is 12.1 Å². The zero-order valence-corrected chi connectivity index (χ0v) is 9.64. The summed E-state index contributed by atoms with van der Waals surface area (Å²) in [7, 11) is 1.68. The molecule has 1 N–H and O–H groups in total. The van der Waals surface area contributed by atoms with Crippen LogP contribution in [0.5, 0.6) is 0 Å². The highest BCUT2D eigenvalue weighted by Gasteiger charge is 2.19. The lowest BCUT2D eigenvalue weighted by Crippen LogP contribution is -2.36. The largest absolute Gasteiger partial charge is 0.382 e. The summed E-state index contributed by atoms with van der Waals surface area (Å²) in [5.41, 5.74) is 0.516. The number of hydrogen-bond donors (Lipinski definition) is 1. The average Bonchev–Trinajstić information content (AvgIpc) is 2.65. The van der Waals surface area contributed by atoms with Crippen molar-refractivity contribution in [2.24, 2.45) is 0 Å². The number of fused-ring (bicyclic) bond motifs is 1. The lowest BCUT2D eigenvalue weighted by atomic mass is 10.1. The SMILES string of the molecule is COCC(C)(C)Nc1nccn2cnnc12. The van der Waals surface area contributed by atoms with Gasteiger partial charge in [0, 0.05) is 19.5 Å². The first-order valence-corrected chi connectivity index (χ1v) is 5.04. The van der Waals surface area contributed by atoms with Crippen molar-refractivity contribution in [1.29, 1.82) is 0 Å². The van der Waals surface area contributed by atoms with Crippen LogP contribution in [0.3, 0.4) is 0 Å². The summed E-state index contributed by atoms with van der Waals surface area (Å²) in [6.07, 6.45) is 5.16. The average molecular weight is 221 g/mol. The van der Waals surface area contributed by atoms with Crippen LogP contribution in [0.1, 0.15) is 13.8 Å². The Labute approximate surface area is 93.7 Å². The van der Waals surface area contributed by atoms with Crippen LogP contribution in [-0.4, -0.2) is 38.8 Å². The van der Waals surface area contributed by atoms with E-state index in [9.17, 15) is 0 Å². The van der Waals surface area contributed by atoms with Crippen LogP contribution < -0.4 is 5.32 Å². The minimum Gasteiger partial charge on any atom is -0.382 e. The maximum absolute atomic E-state index is 5.14. The minimum atomic E-state index is -0.199. The fourth-order valence-electron chi connectivity index (χ4n) is 1.56. The van der Waals surface area contributed by atoms with Crippen LogP contribution in [0.15, 0.2) is 18.7 Å². The molecule has 2 aromatic heterocycles. The van der Waals surface area contributed by atoms with Crippen LogP contribution in [-0.2, 0) is 4.74 Å². The van der Waals surface area contributed by atoms with Crippen LogP contribution in [0.25, 0.3) is 5.65 Å². The maximum Gasteiger partial charge on any atom is 0.203 e. The third-order valence-electron chi connectivity index (χ3n) is 2.18. The summed E-state index contributed by atoms with van der Waals surface area (Å²) < 4.78 is 6.96. The first kappa shape index (κ1) is 10.8. The molecule has 0 unspecified atom stereocenters. The van der Waals surface area contributed by atoms with Crippen molar-refractivity contribution < 1.29 is 4.74 Å². The van der Waals surface area contributed by atoms with Gasteiger partial charge in [-0.25, -0.2) is 4.98 Å². The highest BCUT2D eigenvalue weighted by atomic mass is 16.5. The van der Waals surface area contributed by atoms with Crippen molar-refractivity contribution in [3.8, 4) is 0 Å². The molecule has 6 nitrogen and oxygen atoms in total. The summed E-state index contributed by atoms with van der Waals surface area (Å²) in [5.74, 6) is 0.710. The second-order valence-electron chi connectivity index (χ2n) is 4.28. The van der Waals surface area contributed by atoms with Gasteiger partial charge in [0.2, 0.25) is 5.65 Å². The number of aromatic nitrogens is 4. The topological polar surface area (TPSA) is 64.3 Å². The van der Waals surface area contributed by atoms with Crippen molar-refractivity contribution in [2.75, 3.05) is 19.0 Å². The van der Waals surface area contributed by atoms with Crippen LogP contribution in [0.4, 0.5) is 5.82 Å². The van der Waals surface area contributed by atoms with Gasteiger partial charge in [-0.3, -0.25) is 4.40 Å². The normalized spacial score (nSPS) is 11.9. The predicted octanol–water partition coefficient (Wildman–Crippen LogP) is 0.961. The van der Waals surface area contributed by atoms with Gasteiger partial charge in [-0.05, 0) is 13.8 Å². The van der Waals surface area contributed by atoms with Crippen molar-refractivity contribution in [1.82, 2.24) is 19.6 Å². The van der Waals surface area contributed by atoms with E-state index in [2.05, 4.69) is 20.5 Å². The number of nitrogens with zero attached hydrogens (tertiary/aromatic N) is 4. The Morgan fingerprint density at radius 3 is 3.06 bits per heavy atom. The molecule has 2 heterocycles. The summed E-state index contributed by atoms with van der Waals surface area (Å²) in [5, 5.41) is 11.1. The molecule has 6 heteroatoms. The van der Waals surface area contributed by atoms with E-state index in [1.807, 2.05) is 24.4 Å². The molecule has 2 rings (SSSR count). The molecule has 0 atom stereocenters. The molecule has 0 aliphatic carbocycles. The van der Waals surface area contributed by atoms with Crippen molar-refractivity contribution in [2.45, 2.75) is 19.4 Å². The van der Waals surface area contributed by atoms with Crippen molar-refractivity contribution >= 4 is 11.5 Å². The second kappa shape index (κ2) is 4.05. The van der Waals surface area contributed by atoms with E-state index in [1.54, 1.807) is 19.6 Å². The zero-order valence-electron chi connectivity index (χ0n) is 9.64. The van der Waals surface area contributed by atoms with E-state index >= 15 is 0 Å². The van der Waals surface area contributed by atoms with Crippen molar-refractivity contribution in [3.05, 3.63) is 18.7 Å². The van der Waals surface area contributed by atoms with Gasteiger partial charge in [0.15, 0.2) is 5.82 Å². The minimum absolute atomic E-state index is 0.199. The zero-order chi connectivity index (χ0) is 11.6. The monoisotopic (exact) mass is 221 g/mol. The summed E-state index contributed by atoms with van der Waals surface area (Å²) in [6, 6.07) is 0. The summed E-state index contributed by atoms with van der Waals surface area (Å²) in [4.78, 5) is 4.26. The maximum atomic E-state index is 5.14. The highest BCUT2D eigenvalue weighted by molar-refractivity contribution is 5.62. The van der Waals surface area contributed by atoms with Gasteiger partial charge in [0.25, 0.3) is 0 Å². The van der Waals surface area contributed by atoms with Gasteiger partial charge in [-0.1, -0.05) is 0 Å². The number of methoxy groups -OCH3 is 1. The first-order chi connectivity index (χ1) is 7.62. The van der Waals surface area contributed by atoms with Crippen molar-refractivity contribution in [3.63, 3.8) is 0 Å². The predicted molar refractivity (Wildman–Crippen MR) is 60.4 cm³/mol. The lowest BCUT2D eigenvalue weighted by Gasteiger charge is -2.25. The smallest absolute Gasteiger partial charge is 0.203 e. The second-order valence-corrected chi connectivity index (χ2v) is 4.28. The molecule has 0 aliphatic heterocycles. The molecule has 0 amide bonds. The molecule has 2 aromatic rings. The fraction of sp³-hybridized carbons (Fsp3) is 0.500. The molecule has 0 radical (unpaired) electrons. The van der Waals surface area contributed by atoms with Gasteiger partial charge >= 0.3 is 0 Å². The van der Waals surface area contributed by atoms with E-state index in [4.69, 9.17) is 4.74 Å². The van der Waals surface area contributed by atoms with Crippen LogP contribution in [0, 0.1) is 0 Å². The number of rotatable bonds is 4. The summed E-state index contributed by atoms with van der Waals surface area (Å²) >= 11 is 0. The van der Waals surface area contributed by atoms with Gasteiger partial charge < -0.3 is 10.1 Å². The molecular formula is C10H15N5O. The fourth-order valence-corrected chi connectivity index (χ4v) is 1.56. The molecular weight excluding hydrogens is 206 g/mol. The van der Waals surface area contributed by atoms with Crippen LogP contribution >= 0.6 is 0 Å². The Morgan fingerprint density at radius 1 is 1.50 bits per heavy atom. The Kier molecular flexibility index (Phi) is 2.74. The Morgan fingerprint density at radius 2 is 2.31 bits per heavy atom. The molecule has 0 aliphatic rings. The highest BCUT2D eigenvalue weighted by Crippen LogP contribution is 2.16. The number of anilines is 1. The van der Waals surface area contributed by atoms with E-state index in [1.165, 1.54) is 0 Å². The van der Waals surface area contributed by atoms with E-state index < -0.39 is 0 Å². The molecule has 0 spiro atoms. The third-order valence-corrected chi connectivity index (χ3v) is 2.18. The van der Waals surface area contributed by atoms with Gasteiger partial charge in [-0.15, -0.1) is 10.2 Å². The molecule has 0 bridgehead atoms. The Hall–Kier alpha value is -1.69. The van der Waals surface area contributed by atoms with Gasteiger partial charge in [-0.2, -0.15) is 0 Å². The number of nitrogens with one attached hydrogen (secondary N) is 1. The van der Waals surface area contributed by atoms with Gasteiger partial charge in [0.1, 0.15) is 6.33 Å². The van der Waals surface area contributed by atoms with E-state index in [0.29, 0.717) is 18.1 Å². The van der Waals surface area contributed by atoms with E-state index in [0.717, 1.165) is 0 Å². The Balaban J connectivity index is 2.30. The molecule has 0 saturated carbocycles. The number of ether oxygens (including phenoxy) is 1. The van der Waals surface area contributed by atoms with Crippen LogP contribution in [0.2, 0.25) is 0 Å². The lowest BCUT2D eigenvalue weighted by molar-refractivity contribution is 0.158. The summed E-state index contributed by atoms with van der Waals surface area (Å²) in [6.45, 7) is 4.67. The molecule has 0 saturated heterocycles. The molecule has 16 heavy (non-hydrogen) atoms. The quantitative estimate of drug-likeness (QED) is 0.833. The molecule has 0 aromatic carbocycles.